The van der Waals surface area contributed by atoms with Crippen molar-refractivity contribution in [2.24, 2.45) is 10.7 Å². The molecule has 116 valence electrons. The molecule has 0 aliphatic carbocycles. The SMILES string of the molecule is CCC(C)c1ccc(NC(N)=NCc2cccc(C)n2)cc1. The molecule has 1 unspecified atom stereocenters. The first-order chi connectivity index (χ1) is 10.6. The maximum absolute atomic E-state index is 5.93. The number of aliphatic imine (C=N–C) groups is 1. The first kappa shape index (κ1) is 16.0. The van der Waals surface area contributed by atoms with E-state index in [1.54, 1.807) is 0 Å². The van der Waals surface area contributed by atoms with E-state index in [-0.39, 0.29) is 0 Å². The number of benzene rings is 1. The van der Waals surface area contributed by atoms with Crippen LogP contribution in [0, 0.1) is 6.92 Å². The summed E-state index contributed by atoms with van der Waals surface area (Å²) in [5, 5.41) is 3.11. The molecule has 22 heavy (non-hydrogen) atoms. The predicted molar refractivity (Wildman–Crippen MR) is 93.1 cm³/mol. The lowest BCUT2D eigenvalue weighted by atomic mass is 9.99. The molecule has 0 bridgehead atoms. The number of hydrogen-bond acceptors (Lipinski definition) is 2. The van der Waals surface area contributed by atoms with Crippen molar-refractivity contribution in [3.8, 4) is 0 Å². The molecule has 0 aliphatic rings. The minimum atomic E-state index is 0.402. The summed E-state index contributed by atoms with van der Waals surface area (Å²) in [7, 11) is 0. The Hall–Kier alpha value is -2.36. The van der Waals surface area contributed by atoms with E-state index in [1.807, 2.05) is 37.3 Å². The van der Waals surface area contributed by atoms with Gasteiger partial charge in [-0.2, -0.15) is 0 Å². The second-order valence-corrected chi connectivity index (χ2v) is 5.53. The van der Waals surface area contributed by atoms with Crippen molar-refractivity contribution >= 4 is 11.6 Å². The first-order valence-electron chi connectivity index (χ1n) is 7.68. The van der Waals surface area contributed by atoms with Gasteiger partial charge in [-0.25, -0.2) is 4.99 Å². The molecule has 2 aromatic rings. The zero-order valence-electron chi connectivity index (χ0n) is 13.5. The van der Waals surface area contributed by atoms with E-state index in [4.69, 9.17) is 5.73 Å². The summed E-state index contributed by atoms with van der Waals surface area (Å²) in [5.41, 5.74) is 10.1. The van der Waals surface area contributed by atoms with E-state index in [9.17, 15) is 0 Å². The minimum absolute atomic E-state index is 0.402. The normalized spacial score (nSPS) is 13.0. The molecule has 4 heteroatoms. The average molecular weight is 296 g/mol. The van der Waals surface area contributed by atoms with E-state index in [2.05, 4.69) is 41.3 Å². The molecular formula is C18H24N4. The van der Waals surface area contributed by atoms with Crippen molar-refractivity contribution in [1.29, 1.82) is 0 Å². The topological polar surface area (TPSA) is 63.3 Å². The van der Waals surface area contributed by atoms with Gasteiger partial charge in [-0.3, -0.25) is 4.98 Å². The third-order valence-electron chi connectivity index (χ3n) is 3.72. The van der Waals surface area contributed by atoms with Crippen LogP contribution in [0.25, 0.3) is 0 Å². The molecule has 0 spiro atoms. The predicted octanol–water partition coefficient (Wildman–Crippen LogP) is 3.83. The quantitative estimate of drug-likeness (QED) is 0.651. The van der Waals surface area contributed by atoms with Crippen LogP contribution in [0.5, 0.6) is 0 Å². The Morgan fingerprint density at radius 1 is 1.23 bits per heavy atom. The Balaban J connectivity index is 1.96. The van der Waals surface area contributed by atoms with Crippen LogP contribution in [0.15, 0.2) is 47.5 Å². The molecule has 0 amide bonds. The fraction of sp³-hybridized carbons (Fsp3) is 0.333. The largest absolute Gasteiger partial charge is 0.370 e. The monoisotopic (exact) mass is 296 g/mol. The fourth-order valence-corrected chi connectivity index (χ4v) is 2.17. The van der Waals surface area contributed by atoms with Crippen LogP contribution in [0.3, 0.4) is 0 Å². The number of nitrogens with zero attached hydrogens (tertiary/aromatic N) is 2. The molecule has 0 radical (unpaired) electrons. The summed E-state index contributed by atoms with van der Waals surface area (Å²) < 4.78 is 0. The lowest BCUT2D eigenvalue weighted by Gasteiger charge is -2.10. The van der Waals surface area contributed by atoms with Crippen LogP contribution in [-0.4, -0.2) is 10.9 Å². The molecule has 1 atom stereocenters. The van der Waals surface area contributed by atoms with Gasteiger partial charge in [0.1, 0.15) is 0 Å². The molecule has 2 rings (SSSR count). The number of nitrogens with two attached hydrogens (primary N) is 1. The van der Waals surface area contributed by atoms with Crippen molar-refractivity contribution < 1.29 is 0 Å². The van der Waals surface area contributed by atoms with Gasteiger partial charge in [-0.15, -0.1) is 0 Å². The van der Waals surface area contributed by atoms with Crippen LogP contribution < -0.4 is 11.1 Å². The van der Waals surface area contributed by atoms with Crippen molar-refractivity contribution in [1.82, 2.24) is 4.98 Å². The Morgan fingerprint density at radius 2 is 1.95 bits per heavy atom. The van der Waals surface area contributed by atoms with Gasteiger partial charge in [0, 0.05) is 11.4 Å². The summed E-state index contributed by atoms with van der Waals surface area (Å²) in [4.78, 5) is 8.73. The Kier molecular flexibility index (Phi) is 5.53. The zero-order chi connectivity index (χ0) is 15.9. The van der Waals surface area contributed by atoms with Gasteiger partial charge < -0.3 is 11.1 Å². The molecule has 0 aliphatic heterocycles. The smallest absolute Gasteiger partial charge is 0.193 e. The van der Waals surface area contributed by atoms with E-state index in [0.717, 1.165) is 23.5 Å². The van der Waals surface area contributed by atoms with Gasteiger partial charge in [-0.05, 0) is 49.1 Å². The summed E-state index contributed by atoms with van der Waals surface area (Å²) in [6, 6.07) is 14.2. The van der Waals surface area contributed by atoms with Crippen molar-refractivity contribution in [2.45, 2.75) is 39.7 Å². The Labute approximate surface area is 132 Å². The maximum Gasteiger partial charge on any atom is 0.193 e. The van der Waals surface area contributed by atoms with Crippen LogP contribution in [0.4, 0.5) is 5.69 Å². The lowest BCUT2D eigenvalue weighted by Crippen LogP contribution is -2.22. The first-order valence-corrected chi connectivity index (χ1v) is 7.68. The van der Waals surface area contributed by atoms with Gasteiger partial charge in [0.15, 0.2) is 5.96 Å². The number of aromatic nitrogens is 1. The molecule has 0 saturated heterocycles. The van der Waals surface area contributed by atoms with Crippen LogP contribution in [0.2, 0.25) is 0 Å². The number of pyridine rings is 1. The second-order valence-electron chi connectivity index (χ2n) is 5.53. The summed E-state index contributed by atoms with van der Waals surface area (Å²) in [5.74, 6) is 0.979. The van der Waals surface area contributed by atoms with Crippen LogP contribution >= 0.6 is 0 Å². The van der Waals surface area contributed by atoms with Crippen molar-refractivity contribution in [2.75, 3.05) is 5.32 Å². The number of aryl methyl sites for hydroxylation is 1. The third kappa shape index (κ3) is 4.58. The van der Waals surface area contributed by atoms with E-state index < -0.39 is 0 Å². The van der Waals surface area contributed by atoms with Crippen molar-refractivity contribution in [3.05, 3.63) is 59.4 Å². The second kappa shape index (κ2) is 7.59. The van der Waals surface area contributed by atoms with Gasteiger partial charge in [0.2, 0.25) is 0 Å². The highest BCUT2D eigenvalue weighted by molar-refractivity contribution is 5.92. The number of nitrogens with one attached hydrogen (secondary N) is 1. The molecule has 1 aromatic carbocycles. The molecule has 0 saturated carbocycles. The fourth-order valence-electron chi connectivity index (χ4n) is 2.17. The zero-order valence-corrected chi connectivity index (χ0v) is 13.5. The van der Waals surface area contributed by atoms with E-state index in [1.165, 1.54) is 5.56 Å². The Bertz CT molecular complexity index is 632. The highest BCUT2D eigenvalue weighted by Crippen LogP contribution is 2.20. The molecule has 4 nitrogen and oxygen atoms in total. The third-order valence-corrected chi connectivity index (χ3v) is 3.72. The molecule has 1 aromatic heterocycles. The van der Waals surface area contributed by atoms with E-state index >= 15 is 0 Å². The summed E-state index contributed by atoms with van der Waals surface area (Å²) >= 11 is 0. The molecule has 3 N–H and O–H groups in total. The lowest BCUT2D eigenvalue weighted by molar-refractivity contribution is 0.734. The van der Waals surface area contributed by atoms with Gasteiger partial charge in [-0.1, -0.05) is 32.0 Å². The maximum atomic E-state index is 5.93. The molecule has 0 fully saturated rings. The molecule has 1 heterocycles. The van der Waals surface area contributed by atoms with Gasteiger partial charge in [0.05, 0.1) is 12.2 Å². The molecular weight excluding hydrogens is 272 g/mol. The summed E-state index contributed by atoms with van der Waals surface area (Å²) in [6.45, 7) is 6.87. The van der Waals surface area contributed by atoms with E-state index in [0.29, 0.717) is 18.4 Å². The highest BCUT2D eigenvalue weighted by atomic mass is 15.1. The Morgan fingerprint density at radius 3 is 2.59 bits per heavy atom. The van der Waals surface area contributed by atoms with Crippen LogP contribution in [0.1, 0.15) is 43.1 Å². The number of rotatable bonds is 5. The number of hydrogen-bond donors (Lipinski definition) is 2. The average Bonchev–Trinajstić information content (AvgIpc) is 2.53. The highest BCUT2D eigenvalue weighted by Gasteiger charge is 2.03. The van der Waals surface area contributed by atoms with Gasteiger partial charge >= 0.3 is 0 Å². The van der Waals surface area contributed by atoms with Crippen molar-refractivity contribution in [3.63, 3.8) is 0 Å². The minimum Gasteiger partial charge on any atom is -0.370 e. The van der Waals surface area contributed by atoms with Gasteiger partial charge in [0.25, 0.3) is 0 Å². The standard InChI is InChI=1S/C18H24N4/c1-4-13(2)15-8-10-16(11-9-15)22-18(19)20-12-17-7-5-6-14(3)21-17/h5-11,13H,4,12H2,1-3H3,(H3,19,20,22). The number of guanidine groups is 1. The van der Waals surface area contributed by atoms with Crippen LogP contribution in [-0.2, 0) is 6.54 Å². The summed E-state index contributed by atoms with van der Waals surface area (Å²) in [6.07, 6.45) is 1.14. The number of anilines is 1.